The van der Waals surface area contributed by atoms with E-state index < -0.39 is 0 Å². The van der Waals surface area contributed by atoms with Crippen molar-refractivity contribution in [2.75, 3.05) is 32.8 Å². The number of amides is 1. The van der Waals surface area contributed by atoms with Crippen LogP contribution < -0.4 is 5.32 Å². The Bertz CT molecular complexity index is 250. The number of carbonyl (C=O) groups excluding carboxylic acids is 1. The molecule has 0 bridgehead atoms. The van der Waals surface area contributed by atoms with Crippen LogP contribution >= 0.6 is 0 Å². The summed E-state index contributed by atoms with van der Waals surface area (Å²) in [5.41, 5.74) is 0. The SMILES string of the molecule is C=CCN(CC=C)CC(=O)NCC1CCCO1. The van der Waals surface area contributed by atoms with Crippen molar-refractivity contribution in [2.24, 2.45) is 0 Å². The second-order valence-corrected chi connectivity index (χ2v) is 4.21. The van der Waals surface area contributed by atoms with Gasteiger partial charge in [0.2, 0.25) is 5.91 Å². The molecule has 1 unspecified atom stereocenters. The van der Waals surface area contributed by atoms with Crippen molar-refractivity contribution in [2.45, 2.75) is 18.9 Å². The lowest BCUT2D eigenvalue weighted by Crippen LogP contribution is -2.40. The highest BCUT2D eigenvalue weighted by molar-refractivity contribution is 5.78. The summed E-state index contributed by atoms with van der Waals surface area (Å²) in [4.78, 5) is 13.7. The highest BCUT2D eigenvalue weighted by Crippen LogP contribution is 2.10. The van der Waals surface area contributed by atoms with E-state index in [4.69, 9.17) is 4.74 Å². The average molecular weight is 238 g/mol. The smallest absolute Gasteiger partial charge is 0.234 e. The number of nitrogens with zero attached hydrogens (tertiary/aromatic N) is 1. The molecule has 0 aromatic rings. The molecule has 96 valence electrons. The molecular weight excluding hydrogens is 216 g/mol. The molecule has 1 saturated heterocycles. The minimum absolute atomic E-state index is 0.0317. The van der Waals surface area contributed by atoms with Gasteiger partial charge in [-0.3, -0.25) is 9.69 Å². The van der Waals surface area contributed by atoms with Crippen LogP contribution in [0.5, 0.6) is 0 Å². The summed E-state index contributed by atoms with van der Waals surface area (Å²) in [6, 6.07) is 0. The predicted octanol–water partition coefficient (Wildman–Crippen LogP) is 0.956. The molecule has 0 saturated carbocycles. The molecule has 0 aromatic heterocycles. The zero-order chi connectivity index (χ0) is 12.5. The third-order valence-corrected chi connectivity index (χ3v) is 2.69. The van der Waals surface area contributed by atoms with Gasteiger partial charge in [0.25, 0.3) is 0 Å². The Morgan fingerprint density at radius 2 is 2.12 bits per heavy atom. The Hall–Kier alpha value is -1.13. The van der Waals surface area contributed by atoms with Crippen molar-refractivity contribution in [3.05, 3.63) is 25.3 Å². The Balaban J connectivity index is 2.20. The third-order valence-electron chi connectivity index (χ3n) is 2.69. The molecule has 1 fully saturated rings. The van der Waals surface area contributed by atoms with Crippen LogP contribution in [-0.2, 0) is 9.53 Å². The third kappa shape index (κ3) is 5.65. The Morgan fingerprint density at radius 3 is 2.65 bits per heavy atom. The molecule has 1 N–H and O–H groups in total. The van der Waals surface area contributed by atoms with E-state index in [0.29, 0.717) is 26.2 Å². The minimum Gasteiger partial charge on any atom is -0.376 e. The molecule has 4 heteroatoms. The monoisotopic (exact) mass is 238 g/mol. The molecule has 0 radical (unpaired) electrons. The van der Waals surface area contributed by atoms with E-state index in [-0.39, 0.29) is 12.0 Å². The van der Waals surface area contributed by atoms with Gasteiger partial charge in [-0.1, -0.05) is 12.2 Å². The second-order valence-electron chi connectivity index (χ2n) is 4.21. The number of hydrogen-bond donors (Lipinski definition) is 1. The standard InChI is InChI=1S/C13H22N2O2/c1-3-7-15(8-4-2)11-13(16)14-10-12-6-5-9-17-12/h3-4,12H,1-2,5-11H2,(H,14,16). The topological polar surface area (TPSA) is 41.6 Å². The van der Waals surface area contributed by atoms with E-state index in [1.54, 1.807) is 12.2 Å². The summed E-state index contributed by atoms with van der Waals surface area (Å²) in [6.45, 7) is 10.5. The fourth-order valence-electron chi connectivity index (χ4n) is 1.86. The molecule has 1 aliphatic heterocycles. The normalized spacial score (nSPS) is 19.2. The molecule has 0 spiro atoms. The molecule has 0 aromatic carbocycles. The number of rotatable bonds is 8. The van der Waals surface area contributed by atoms with Gasteiger partial charge in [0.15, 0.2) is 0 Å². The molecule has 1 amide bonds. The lowest BCUT2D eigenvalue weighted by Gasteiger charge is -2.18. The van der Waals surface area contributed by atoms with E-state index in [0.717, 1.165) is 19.4 Å². The molecule has 1 rings (SSSR count). The Labute approximate surface area is 103 Å². The second kappa shape index (κ2) is 8.03. The van der Waals surface area contributed by atoms with Gasteiger partial charge in [-0.2, -0.15) is 0 Å². The summed E-state index contributed by atoms with van der Waals surface area (Å²) in [5, 5.41) is 2.90. The van der Waals surface area contributed by atoms with Crippen LogP contribution in [0.25, 0.3) is 0 Å². The molecular formula is C13H22N2O2. The number of hydrogen-bond acceptors (Lipinski definition) is 3. The van der Waals surface area contributed by atoms with Crippen molar-refractivity contribution in [1.29, 1.82) is 0 Å². The van der Waals surface area contributed by atoms with Gasteiger partial charge in [0, 0.05) is 26.2 Å². The summed E-state index contributed by atoms with van der Waals surface area (Å²) in [6.07, 6.45) is 5.92. The molecule has 17 heavy (non-hydrogen) atoms. The van der Waals surface area contributed by atoms with Crippen LogP contribution in [0.4, 0.5) is 0 Å². The van der Waals surface area contributed by atoms with E-state index in [1.807, 2.05) is 4.90 Å². The van der Waals surface area contributed by atoms with E-state index in [1.165, 1.54) is 0 Å². The number of carbonyl (C=O) groups is 1. The Morgan fingerprint density at radius 1 is 1.41 bits per heavy atom. The Kier molecular flexibility index (Phi) is 6.58. The molecule has 4 nitrogen and oxygen atoms in total. The van der Waals surface area contributed by atoms with Gasteiger partial charge in [0.05, 0.1) is 12.6 Å². The largest absolute Gasteiger partial charge is 0.376 e. The average Bonchev–Trinajstić information content (AvgIpc) is 2.80. The van der Waals surface area contributed by atoms with E-state index in [9.17, 15) is 4.79 Å². The van der Waals surface area contributed by atoms with Gasteiger partial charge in [-0.15, -0.1) is 13.2 Å². The van der Waals surface area contributed by atoms with Crippen molar-refractivity contribution in [3.8, 4) is 0 Å². The van der Waals surface area contributed by atoms with Crippen LogP contribution in [0, 0.1) is 0 Å². The maximum Gasteiger partial charge on any atom is 0.234 e. The maximum atomic E-state index is 11.7. The minimum atomic E-state index is 0.0317. The molecule has 1 aliphatic rings. The van der Waals surface area contributed by atoms with Crippen LogP contribution in [0.2, 0.25) is 0 Å². The lowest BCUT2D eigenvalue weighted by molar-refractivity contribution is -0.122. The predicted molar refractivity (Wildman–Crippen MR) is 68.8 cm³/mol. The first-order valence-electron chi connectivity index (χ1n) is 6.08. The molecule has 0 aliphatic carbocycles. The van der Waals surface area contributed by atoms with Crippen molar-refractivity contribution in [1.82, 2.24) is 10.2 Å². The zero-order valence-electron chi connectivity index (χ0n) is 10.4. The van der Waals surface area contributed by atoms with Gasteiger partial charge in [-0.25, -0.2) is 0 Å². The van der Waals surface area contributed by atoms with Gasteiger partial charge in [0.1, 0.15) is 0 Å². The van der Waals surface area contributed by atoms with Crippen LogP contribution in [0.15, 0.2) is 25.3 Å². The fourth-order valence-corrected chi connectivity index (χ4v) is 1.86. The van der Waals surface area contributed by atoms with Crippen LogP contribution in [-0.4, -0.2) is 49.7 Å². The summed E-state index contributed by atoms with van der Waals surface area (Å²) in [5.74, 6) is 0.0317. The highest BCUT2D eigenvalue weighted by atomic mass is 16.5. The first-order valence-corrected chi connectivity index (χ1v) is 6.08. The fraction of sp³-hybridized carbons (Fsp3) is 0.615. The molecule has 1 heterocycles. The van der Waals surface area contributed by atoms with Gasteiger partial charge < -0.3 is 10.1 Å². The maximum absolute atomic E-state index is 11.7. The van der Waals surface area contributed by atoms with Crippen molar-refractivity contribution < 1.29 is 9.53 Å². The quantitative estimate of drug-likeness (QED) is 0.640. The first kappa shape index (κ1) is 13.9. The van der Waals surface area contributed by atoms with Crippen LogP contribution in [0.1, 0.15) is 12.8 Å². The number of nitrogens with one attached hydrogen (secondary N) is 1. The first-order chi connectivity index (χ1) is 8.26. The lowest BCUT2D eigenvalue weighted by atomic mass is 10.2. The number of ether oxygens (including phenoxy) is 1. The highest BCUT2D eigenvalue weighted by Gasteiger charge is 2.16. The zero-order valence-corrected chi connectivity index (χ0v) is 10.4. The van der Waals surface area contributed by atoms with Gasteiger partial charge in [-0.05, 0) is 12.8 Å². The van der Waals surface area contributed by atoms with E-state index in [2.05, 4.69) is 18.5 Å². The molecule has 1 atom stereocenters. The van der Waals surface area contributed by atoms with Crippen molar-refractivity contribution in [3.63, 3.8) is 0 Å². The van der Waals surface area contributed by atoms with E-state index >= 15 is 0 Å². The van der Waals surface area contributed by atoms with Crippen LogP contribution in [0.3, 0.4) is 0 Å². The summed E-state index contributed by atoms with van der Waals surface area (Å²) >= 11 is 0. The van der Waals surface area contributed by atoms with Crippen molar-refractivity contribution >= 4 is 5.91 Å². The summed E-state index contributed by atoms with van der Waals surface area (Å²) in [7, 11) is 0. The summed E-state index contributed by atoms with van der Waals surface area (Å²) < 4.78 is 5.44. The van der Waals surface area contributed by atoms with Gasteiger partial charge >= 0.3 is 0 Å².